The number of hydrogen-bond acceptors (Lipinski definition) is 7. The van der Waals surface area contributed by atoms with E-state index in [1.807, 2.05) is 0 Å². The molecule has 0 bridgehead atoms. The summed E-state index contributed by atoms with van der Waals surface area (Å²) in [5, 5.41) is 7.38. The summed E-state index contributed by atoms with van der Waals surface area (Å²) < 4.78 is 0. The van der Waals surface area contributed by atoms with Gasteiger partial charge in [0, 0.05) is 32.5 Å². The lowest BCUT2D eigenvalue weighted by Gasteiger charge is -2.30. The zero-order chi connectivity index (χ0) is 23.4. The third-order valence-corrected chi connectivity index (χ3v) is 4.47. The van der Waals surface area contributed by atoms with Crippen molar-refractivity contribution in [3.63, 3.8) is 0 Å². The molecule has 0 radical (unpaired) electrons. The van der Waals surface area contributed by atoms with Gasteiger partial charge in [-0.25, -0.2) is 9.79 Å². The SMILES string of the molecule is CN(C(=O)CC(CCCN=C(N)N)NC(=O)CCCN)C1CN=C(NC(N)=O)NC1=O. The van der Waals surface area contributed by atoms with Gasteiger partial charge in [0.15, 0.2) is 5.96 Å². The molecule has 0 saturated heterocycles. The molecule has 1 aliphatic rings. The molecular formula is C17H32N10O4. The van der Waals surface area contributed by atoms with Crippen molar-refractivity contribution in [3.05, 3.63) is 0 Å². The number of rotatable bonds is 11. The summed E-state index contributed by atoms with van der Waals surface area (Å²) in [4.78, 5) is 57.2. The quantitative estimate of drug-likeness (QED) is 0.0976. The monoisotopic (exact) mass is 440 g/mol. The number of aliphatic imine (C=N–C) groups is 2. The van der Waals surface area contributed by atoms with Gasteiger partial charge in [-0.2, -0.15) is 0 Å². The number of carbonyl (C=O) groups is 4. The Morgan fingerprint density at radius 2 is 2.00 bits per heavy atom. The van der Waals surface area contributed by atoms with E-state index in [0.717, 1.165) is 0 Å². The highest BCUT2D eigenvalue weighted by Crippen LogP contribution is 2.10. The van der Waals surface area contributed by atoms with Gasteiger partial charge >= 0.3 is 6.03 Å². The molecule has 5 amide bonds. The van der Waals surface area contributed by atoms with Crippen molar-refractivity contribution < 1.29 is 19.2 Å². The average molecular weight is 441 g/mol. The van der Waals surface area contributed by atoms with Gasteiger partial charge in [0.25, 0.3) is 5.91 Å². The van der Waals surface area contributed by atoms with Crippen molar-refractivity contribution in [1.29, 1.82) is 0 Å². The van der Waals surface area contributed by atoms with Crippen LogP contribution in [0, 0.1) is 0 Å². The van der Waals surface area contributed by atoms with Crippen molar-refractivity contribution in [3.8, 4) is 0 Å². The molecule has 1 aliphatic heterocycles. The average Bonchev–Trinajstić information content (AvgIpc) is 2.68. The van der Waals surface area contributed by atoms with E-state index in [4.69, 9.17) is 22.9 Å². The third-order valence-electron chi connectivity index (χ3n) is 4.47. The van der Waals surface area contributed by atoms with Gasteiger partial charge in [-0.15, -0.1) is 0 Å². The number of nitrogens with zero attached hydrogens (tertiary/aromatic N) is 3. The molecular weight excluding hydrogens is 408 g/mol. The van der Waals surface area contributed by atoms with Crippen molar-refractivity contribution in [2.75, 3.05) is 26.7 Å². The van der Waals surface area contributed by atoms with E-state index in [9.17, 15) is 19.2 Å². The Morgan fingerprint density at radius 3 is 2.58 bits per heavy atom. The molecule has 11 N–H and O–H groups in total. The van der Waals surface area contributed by atoms with E-state index in [1.165, 1.54) is 11.9 Å². The van der Waals surface area contributed by atoms with Gasteiger partial charge in [0.2, 0.25) is 17.8 Å². The molecule has 0 fully saturated rings. The smallest absolute Gasteiger partial charge is 0.318 e. The second-order valence-electron chi connectivity index (χ2n) is 7.00. The molecule has 0 aromatic heterocycles. The fourth-order valence-corrected chi connectivity index (χ4v) is 2.85. The largest absolute Gasteiger partial charge is 0.370 e. The Kier molecular flexibility index (Phi) is 10.7. The minimum atomic E-state index is -0.865. The van der Waals surface area contributed by atoms with E-state index < -0.39 is 24.0 Å². The van der Waals surface area contributed by atoms with Crippen LogP contribution in [0.4, 0.5) is 4.79 Å². The summed E-state index contributed by atoms with van der Waals surface area (Å²) in [5.74, 6) is -1.18. The molecule has 1 rings (SSSR count). The first-order valence-electron chi connectivity index (χ1n) is 9.86. The number of hydrogen-bond donors (Lipinski definition) is 7. The second kappa shape index (κ2) is 13.0. The number of guanidine groups is 2. The Bertz CT molecular complexity index is 720. The van der Waals surface area contributed by atoms with Crippen LogP contribution in [0.3, 0.4) is 0 Å². The van der Waals surface area contributed by atoms with Gasteiger partial charge in [0.1, 0.15) is 6.04 Å². The van der Waals surface area contributed by atoms with Crippen LogP contribution >= 0.6 is 0 Å². The van der Waals surface area contributed by atoms with Gasteiger partial charge in [-0.05, 0) is 25.8 Å². The van der Waals surface area contributed by atoms with E-state index in [2.05, 4.69) is 25.9 Å². The van der Waals surface area contributed by atoms with E-state index in [0.29, 0.717) is 32.4 Å². The van der Waals surface area contributed by atoms with Crippen molar-refractivity contribution >= 4 is 35.7 Å². The number of amides is 5. The van der Waals surface area contributed by atoms with Crippen LogP contribution in [-0.2, 0) is 14.4 Å². The maximum Gasteiger partial charge on any atom is 0.318 e. The Balaban J connectivity index is 2.72. The first-order valence-corrected chi connectivity index (χ1v) is 9.86. The van der Waals surface area contributed by atoms with Crippen LogP contribution in [0.15, 0.2) is 9.98 Å². The predicted octanol–water partition coefficient (Wildman–Crippen LogP) is -3.37. The highest BCUT2D eigenvalue weighted by Gasteiger charge is 2.31. The summed E-state index contributed by atoms with van der Waals surface area (Å²) in [6.07, 6.45) is 1.77. The molecule has 14 heteroatoms. The molecule has 174 valence electrons. The number of nitrogens with two attached hydrogens (primary N) is 4. The predicted molar refractivity (Wildman–Crippen MR) is 114 cm³/mol. The zero-order valence-corrected chi connectivity index (χ0v) is 17.6. The zero-order valence-electron chi connectivity index (χ0n) is 17.6. The minimum absolute atomic E-state index is 0.0213. The van der Waals surface area contributed by atoms with Crippen molar-refractivity contribution in [2.24, 2.45) is 32.9 Å². The van der Waals surface area contributed by atoms with Crippen LogP contribution in [0.25, 0.3) is 0 Å². The summed E-state index contributed by atoms with van der Waals surface area (Å²) in [6, 6.07) is -2.19. The Morgan fingerprint density at radius 1 is 1.29 bits per heavy atom. The molecule has 0 saturated carbocycles. The lowest BCUT2D eigenvalue weighted by Crippen LogP contribution is -2.58. The topological polar surface area (TPSA) is 236 Å². The molecule has 31 heavy (non-hydrogen) atoms. The maximum absolute atomic E-state index is 12.8. The lowest BCUT2D eigenvalue weighted by atomic mass is 10.1. The fourth-order valence-electron chi connectivity index (χ4n) is 2.85. The molecule has 2 unspecified atom stereocenters. The summed E-state index contributed by atoms with van der Waals surface area (Å²) in [6.45, 7) is 0.701. The third kappa shape index (κ3) is 9.75. The molecule has 1 heterocycles. The second-order valence-corrected chi connectivity index (χ2v) is 7.00. The highest BCUT2D eigenvalue weighted by molar-refractivity contribution is 6.07. The minimum Gasteiger partial charge on any atom is -0.370 e. The van der Waals surface area contributed by atoms with Crippen molar-refractivity contribution in [2.45, 2.75) is 44.2 Å². The molecule has 0 aliphatic carbocycles. The highest BCUT2D eigenvalue weighted by atomic mass is 16.2. The molecule has 2 atom stereocenters. The van der Waals surface area contributed by atoms with Crippen LogP contribution in [0.1, 0.15) is 32.1 Å². The van der Waals surface area contributed by atoms with Crippen LogP contribution in [-0.4, -0.2) is 79.3 Å². The normalized spacial score (nSPS) is 16.4. The number of carbonyl (C=O) groups excluding carboxylic acids is 4. The number of likely N-dealkylation sites (N-methyl/N-ethyl adjacent to an activating group) is 1. The molecule has 0 spiro atoms. The standard InChI is InChI=1S/C17H32N10O4/c1-27(11-9-23-17(25-14(11)30)26-16(21)31)13(29)8-10(4-3-7-22-15(19)20)24-12(28)5-2-6-18/h10-11H,2-9,18H2,1H3,(H,24,28)(H4,19,20,22)(H4,21,23,25,26,30,31). The number of primary amides is 1. The first kappa shape index (κ1) is 25.6. The van der Waals surface area contributed by atoms with Gasteiger partial charge in [-0.3, -0.25) is 30.0 Å². The molecule has 0 aromatic rings. The van der Waals surface area contributed by atoms with E-state index in [-0.39, 0.29) is 43.1 Å². The van der Waals surface area contributed by atoms with Gasteiger partial charge < -0.3 is 33.2 Å². The Hall–Kier alpha value is -3.42. The first-order chi connectivity index (χ1) is 14.6. The lowest BCUT2D eigenvalue weighted by molar-refractivity contribution is -0.139. The van der Waals surface area contributed by atoms with Gasteiger partial charge in [-0.1, -0.05) is 0 Å². The Labute approximate surface area is 180 Å². The summed E-state index contributed by atoms with van der Waals surface area (Å²) >= 11 is 0. The maximum atomic E-state index is 12.8. The molecule has 14 nitrogen and oxygen atoms in total. The van der Waals surface area contributed by atoms with E-state index >= 15 is 0 Å². The van der Waals surface area contributed by atoms with Crippen LogP contribution in [0.2, 0.25) is 0 Å². The fraction of sp³-hybridized carbons (Fsp3) is 0.647. The number of urea groups is 1. The summed E-state index contributed by atoms with van der Waals surface area (Å²) in [5.41, 5.74) is 21.0. The van der Waals surface area contributed by atoms with Crippen molar-refractivity contribution in [1.82, 2.24) is 20.9 Å². The number of nitrogens with one attached hydrogen (secondary N) is 3. The molecule has 0 aromatic carbocycles. The van der Waals surface area contributed by atoms with Crippen LogP contribution < -0.4 is 38.9 Å². The van der Waals surface area contributed by atoms with Crippen LogP contribution in [0.5, 0.6) is 0 Å². The van der Waals surface area contributed by atoms with E-state index in [1.54, 1.807) is 0 Å². The van der Waals surface area contributed by atoms with Gasteiger partial charge in [0.05, 0.1) is 6.54 Å². The summed E-state index contributed by atoms with van der Waals surface area (Å²) in [7, 11) is 1.47.